The second-order valence-electron chi connectivity index (χ2n) is 5.37. The molecule has 0 atom stereocenters. The monoisotopic (exact) mass is 276 g/mol. The SMILES string of the molecule is CCOC1CC(CC(=O)NCc2ccccc2CN)C1. The number of carbonyl (C=O) groups is 1. The normalized spacial score (nSPS) is 21.3. The Morgan fingerprint density at radius 2 is 2.05 bits per heavy atom. The minimum atomic E-state index is 0.122. The average Bonchev–Trinajstić information content (AvgIpc) is 2.43. The molecule has 0 unspecified atom stereocenters. The van der Waals surface area contributed by atoms with Crippen LogP contribution < -0.4 is 11.1 Å². The molecular formula is C16H24N2O2. The van der Waals surface area contributed by atoms with Crippen LogP contribution in [0.1, 0.15) is 37.3 Å². The van der Waals surface area contributed by atoms with Gasteiger partial charge in [0.25, 0.3) is 0 Å². The Kier molecular flexibility index (Phi) is 5.56. The lowest BCUT2D eigenvalue weighted by atomic mass is 9.80. The van der Waals surface area contributed by atoms with Crippen LogP contribution in [-0.2, 0) is 22.6 Å². The number of amides is 1. The molecule has 0 saturated heterocycles. The van der Waals surface area contributed by atoms with Gasteiger partial charge in [0.2, 0.25) is 5.91 Å². The molecule has 3 N–H and O–H groups in total. The zero-order chi connectivity index (χ0) is 14.4. The first-order valence-electron chi connectivity index (χ1n) is 7.38. The number of rotatable bonds is 7. The summed E-state index contributed by atoms with van der Waals surface area (Å²) in [4.78, 5) is 11.9. The van der Waals surface area contributed by atoms with Gasteiger partial charge in [-0.2, -0.15) is 0 Å². The van der Waals surface area contributed by atoms with Crippen molar-refractivity contribution in [3.05, 3.63) is 35.4 Å². The Labute approximate surface area is 120 Å². The standard InChI is InChI=1S/C16H24N2O2/c1-2-20-15-7-12(8-15)9-16(19)18-11-14-6-4-3-5-13(14)10-17/h3-6,12,15H,2,7-11,17H2,1H3,(H,18,19). The summed E-state index contributed by atoms with van der Waals surface area (Å²) in [6, 6.07) is 7.95. The highest BCUT2D eigenvalue weighted by molar-refractivity contribution is 5.76. The summed E-state index contributed by atoms with van der Waals surface area (Å²) >= 11 is 0. The molecule has 0 radical (unpaired) electrons. The number of carbonyl (C=O) groups excluding carboxylic acids is 1. The molecule has 2 rings (SSSR count). The van der Waals surface area contributed by atoms with E-state index >= 15 is 0 Å². The fraction of sp³-hybridized carbons (Fsp3) is 0.562. The van der Waals surface area contributed by atoms with E-state index in [9.17, 15) is 4.79 Å². The molecule has 0 heterocycles. The fourth-order valence-corrected chi connectivity index (χ4v) is 2.67. The quantitative estimate of drug-likeness (QED) is 0.800. The van der Waals surface area contributed by atoms with Crippen LogP contribution in [0, 0.1) is 5.92 Å². The average molecular weight is 276 g/mol. The van der Waals surface area contributed by atoms with Crippen molar-refractivity contribution in [3.8, 4) is 0 Å². The first-order valence-corrected chi connectivity index (χ1v) is 7.38. The van der Waals surface area contributed by atoms with Gasteiger partial charge < -0.3 is 15.8 Å². The van der Waals surface area contributed by atoms with E-state index < -0.39 is 0 Å². The van der Waals surface area contributed by atoms with E-state index in [0.717, 1.165) is 30.6 Å². The maximum absolute atomic E-state index is 11.9. The lowest BCUT2D eigenvalue weighted by Crippen LogP contribution is -2.35. The Morgan fingerprint density at radius 3 is 2.70 bits per heavy atom. The molecule has 0 aliphatic heterocycles. The Morgan fingerprint density at radius 1 is 1.35 bits per heavy atom. The van der Waals surface area contributed by atoms with E-state index in [1.165, 1.54) is 0 Å². The molecule has 1 saturated carbocycles. The van der Waals surface area contributed by atoms with Crippen LogP contribution in [0.5, 0.6) is 0 Å². The molecule has 0 bridgehead atoms. The van der Waals surface area contributed by atoms with Gasteiger partial charge in [0.1, 0.15) is 0 Å². The Hall–Kier alpha value is -1.39. The highest BCUT2D eigenvalue weighted by atomic mass is 16.5. The summed E-state index contributed by atoms with van der Waals surface area (Å²) in [7, 11) is 0. The van der Waals surface area contributed by atoms with E-state index in [4.69, 9.17) is 10.5 Å². The third-order valence-corrected chi connectivity index (χ3v) is 3.88. The highest BCUT2D eigenvalue weighted by Gasteiger charge is 2.30. The highest BCUT2D eigenvalue weighted by Crippen LogP contribution is 2.32. The molecule has 1 aliphatic carbocycles. The van der Waals surface area contributed by atoms with Crippen LogP contribution in [-0.4, -0.2) is 18.6 Å². The largest absolute Gasteiger partial charge is 0.378 e. The molecule has 1 amide bonds. The number of hydrogen-bond donors (Lipinski definition) is 2. The summed E-state index contributed by atoms with van der Waals surface area (Å²) in [5, 5.41) is 2.98. The van der Waals surface area contributed by atoms with E-state index in [-0.39, 0.29) is 5.91 Å². The summed E-state index contributed by atoms with van der Waals surface area (Å²) < 4.78 is 5.50. The van der Waals surface area contributed by atoms with E-state index in [2.05, 4.69) is 5.32 Å². The molecule has 1 fully saturated rings. The lowest BCUT2D eigenvalue weighted by molar-refractivity contribution is -0.124. The predicted octanol–water partition coefficient (Wildman–Crippen LogP) is 1.97. The van der Waals surface area contributed by atoms with Crippen molar-refractivity contribution < 1.29 is 9.53 Å². The summed E-state index contributed by atoms with van der Waals surface area (Å²) in [5.74, 6) is 0.605. The van der Waals surface area contributed by atoms with Crippen LogP contribution in [0.25, 0.3) is 0 Å². The van der Waals surface area contributed by atoms with E-state index in [1.54, 1.807) is 0 Å². The maximum Gasteiger partial charge on any atom is 0.220 e. The first kappa shape index (κ1) is 15.0. The number of nitrogens with one attached hydrogen (secondary N) is 1. The molecular weight excluding hydrogens is 252 g/mol. The van der Waals surface area contributed by atoms with Crippen molar-refractivity contribution in [1.82, 2.24) is 5.32 Å². The van der Waals surface area contributed by atoms with Gasteiger partial charge >= 0.3 is 0 Å². The molecule has 20 heavy (non-hydrogen) atoms. The minimum Gasteiger partial charge on any atom is -0.378 e. The van der Waals surface area contributed by atoms with Crippen molar-refractivity contribution in [3.63, 3.8) is 0 Å². The van der Waals surface area contributed by atoms with E-state index in [1.807, 2.05) is 31.2 Å². The number of hydrogen-bond acceptors (Lipinski definition) is 3. The van der Waals surface area contributed by atoms with Crippen LogP contribution >= 0.6 is 0 Å². The maximum atomic E-state index is 11.9. The van der Waals surface area contributed by atoms with Gasteiger partial charge in [-0.05, 0) is 36.8 Å². The van der Waals surface area contributed by atoms with Crippen molar-refractivity contribution in [2.75, 3.05) is 6.61 Å². The smallest absolute Gasteiger partial charge is 0.220 e. The molecule has 110 valence electrons. The molecule has 1 aliphatic rings. The van der Waals surface area contributed by atoms with Gasteiger partial charge in [0.15, 0.2) is 0 Å². The van der Waals surface area contributed by atoms with Gasteiger partial charge in [0, 0.05) is 26.1 Å². The topological polar surface area (TPSA) is 64.3 Å². The molecule has 4 nitrogen and oxygen atoms in total. The zero-order valence-electron chi connectivity index (χ0n) is 12.1. The van der Waals surface area contributed by atoms with Gasteiger partial charge in [0.05, 0.1) is 6.10 Å². The van der Waals surface area contributed by atoms with Gasteiger partial charge in [-0.3, -0.25) is 4.79 Å². The van der Waals surface area contributed by atoms with Crippen molar-refractivity contribution in [2.45, 2.75) is 45.4 Å². The van der Waals surface area contributed by atoms with Crippen LogP contribution in [0.4, 0.5) is 0 Å². The van der Waals surface area contributed by atoms with Crippen molar-refractivity contribution >= 4 is 5.91 Å². The molecule has 1 aromatic carbocycles. The first-order chi connectivity index (χ1) is 9.72. The lowest BCUT2D eigenvalue weighted by Gasteiger charge is -2.34. The summed E-state index contributed by atoms with van der Waals surface area (Å²) in [5.41, 5.74) is 7.88. The Bertz CT molecular complexity index is 442. The van der Waals surface area contributed by atoms with Crippen molar-refractivity contribution in [1.29, 1.82) is 0 Å². The van der Waals surface area contributed by atoms with Gasteiger partial charge in [-0.15, -0.1) is 0 Å². The molecule has 4 heteroatoms. The Balaban J connectivity index is 1.71. The van der Waals surface area contributed by atoms with Crippen LogP contribution in [0.3, 0.4) is 0 Å². The molecule has 0 spiro atoms. The van der Waals surface area contributed by atoms with Crippen LogP contribution in [0.2, 0.25) is 0 Å². The minimum absolute atomic E-state index is 0.122. The van der Waals surface area contributed by atoms with Gasteiger partial charge in [-0.25, -0.2) is 0 Å². The number of ether oxygens (including phenoxy) is 1. The predicted molar refractivity (Wildman–Crippen MR) is 78.9 cm³/mol. The second kappa shape index (κ2) is 7.41. The number of benzene rings is 1. The summed E-state index contributed by atoms with van der Waals surface area (Å²) in [6.07, 6.45) is 3.01. The number of nitrogens with two attached hydrogens (primary N) is 1. The molecule has 1 aromatic rings. The summed E-state index contributed by atoms with van der Waals surface area (Å²) in [6.45, 7) is 3.84. The van der Waals surface area contributed by atoms with E-state index in [0.29, 0.717) is 31.5 Å². The third-order valence-electron chi connectivity index (χ3n) is 3.88. The van der Waals surface area contributed by atoms with Crippen LogP contribution in [0.15, 0.2) is 24.3 Å². The van der Waals surface area contributed by atoms with Crippen molar-refractivity contribution in [2.24, 2.45) is 11.7 Å². The second-order valence-corrected chi connectivity index (χ2v) is 5.37. The third kappa shape index (κ3) is 4.05. The zero-order valence-corrected chi connectivity index (χ0v) is 12.1. The fourth-order valence-electron chi connectivity index (χ4n) is 2.67. The van der Waals surface area contributed by atoms with Gasteiger partial charge in [-0.1, -0.05) is 24.3 Å². The molecule has 0 aromatic heterocycles.